The monoisotopic (exact) mass is 194 g/mol. The molecular formula is C12H12F2. The lowest BCUT2D eigenvalue weighted by molar-refractivity contribution is 0.582. The molecule has 0 fully saturated rings. The molecule has 0 aliphatic heterocycles. The van der Waals surface area contributed by atoms with Crippen LogP contribution in [0, 0.1) is 11.6 Å². The van der Waals surface area contributed by atoms with E-state index in [1.54, 1.807) is 6.08 Å². The van der Waals surface area contributed by atoms with Crippen LogP contribution >= 0.6 is 0 Å². The van der Waals surface area contributed by atoms with Gasteiger partial charge in [0.1, 0.15) is 11.6 Å². The molecule has 14 heavy (non-hydrogen) atoms. The highest BCUT2D eigenvalue weighted by Gasteiger charge is 2.02. The zero-order valence-corrected chi connectivity index (χ0v) is 8.06. The molecule has 0 atom stereocenters. The second kappa shape index (κ2) is 4.70. The highest BCUT2D eigenvalue weighted by Crippen LogP contribution is 2.18. The molecule has 0 amide bonds. The Bertz CT molecular complexity index is 344. The van der Waals surface area contributed by atoms with Gasteiger partial charge >= 0.3 is 0 Å². The predicted molar refractivity (Wildman–Crippen MR) is 54.8 cm³/mol. The molecule has 1 aromatic rings. The van der Waals surface area contributed by atoms with Crippen LogP contribution in [0.4, 0.5) is 8.78 Å². The van der Waals surface area contributed by atoms with Crippen molar-refractivity contribution in [1.29, 1.82) is 0 Å². The second-order valence-electron chi connectivity index (χ2n) is 2.93. The van der Waals surface area contributed by atoms with Gasteiger partial charge in [-0.2, -0.15) is 0 Å². The quantitative estimate of drug-likeness (QED) is 0.639. The lowest BCUT2D eigenvalue weighted by atomic mass is 10.0. The van der Waals surface area contributed by atoms with Crippen molar-refractivity contribution >= 4 is 5.57 Å². The van der Waals surface area contributed by atoms with Gasteiger partial charge in [0.15, 0.2) is 0 Å². The fourth-order valence-electron chi connectivity index (χ4n) is 1.26. The first kappa shape index (κ1) is 10.6. The Balaban J connectivity index is 3.16. The van der Waals surface area contributed by atoms with Crippen LogP contribution in [0.3, 0.4) is 0 Å². The molecule has 0 heterocycles. The Morgan fingerprint density at radius 1 is 1.29 bits per heavy atom. The van der Waals surface area contributed by atoms with E-state index < -0.39 is 11.6 Å². The predicted octanol–water partition coefficient (Wildman–Crippen LogP) is 3.94. The van der Waals surface area contributed by atoms with Gasteiger partial charge in [0, 0.05) is 6.07 Å². The molecule has 0 aliphatic carbocycles. The molecule has 2 heteroatoms. The summed E-state index contributed by atoms with van der Waals surface area (Å²) in [4.78, 5) is 0. The van der Waals surface area contributed by atoms with Gasteiger partial charge in [-0.25, -0.2) is 8.78 Å². The van der Waals surface area contributed by atoms with Gasteiger partial charge < -0.3 is 0 Å². The largest absolute Gasteiger partial charge is 0.207 e. The molecule has 1 rings (SSSR count). The SMILES string of the molecule is C=C/C(=C\CC)c1cc(F)cc(F)c1. The molecule has 0 saturated heterocycles. The van der Waals surface area contributed by atoms with Gasteiger partial charge in [-0.15, -0.1) is 0 Å². The van der Waals surface area contributed by atoms with Gasteiger partial charge in [0.2, 0.25) is 0 Å². The van der Waals surface area contributed by atoms with Crippen molar-refractivity contribution in [3.63, 3.8) is 0 Å². The van der Waals surface area contributed by atoms with E-state index >= 15 is 0 Å². The molecule has 74 valence electrons. The fraction of sp³-hybridized carbons (Fsp3) is 0.167. The number of hydrogen-bond donors (Lipinski definition) is 0. The average molecular weight is 194 g/mol. The Kier molecular flexibility index (Phi) is 3.57. The minimum Gasteiger partial charge on any atom is -0.207 e. The maximum absolute atomic E-state index is 12.9. The van der Waals surface area contributed by atoms with E-state index in [0.29, 0.717) is 5.56 Å². The fourth-order valence-corrected chi connectivity index (χ4v) is 1.26. The summed E-state index contributed by atoms with van der Waals surface area (Å²) in [5.41, 5.74) is 1.28. The minimum absolute atomic E-state index is 0.527. The summed E-state index contributed by atoms with van der Waals surface area (Å²) in [5.74, 6) is -1.13. The van der Waals surface area contributed by atoms with E-state index in [1.165, 1.54) is 12.1 Å². The van der Waals surface area contributed by atoms with Crippen LogP contribution in [0.5, 0.6) is 0 Å². The van der Waals surface area contributed by atoms with Crippen molar-refractivity contribution in [3.8, 4) is 0 Å². The van der Waals surface area contributed by atoms with Crippen LogP contribution in [0.2, 0.25) is 0 Å². The summed E-state index contributed by atoms with van der Waals surface area (Å²) in [5, 5.41) is 0. The summed E-state index contributed by atoms with van der Waals surface area (Å²) in [6.07, 6.45) is 4.28. The van der Waals surface area contributed by atoms with E-state index in [0.717, 1.165) is 18.1 Å². The summed E-state index contributed by atoms with van der Waals surface area (Å²) >= 11 is 0. The van der Waals surface area contributed by atoms with E-state index in [2.05, 4.69) is 6.58 Å². The van der Waals surface area contributed by atoms with E-state index in [1.807, 2.05) is 13.0 Å². The van der Waals surface area contributed by atoms with Gasteiger partial charge in [0.05, 0.1) is 0 Å². The standard InChI is InChI=1S/C12H12F2/c1-3-5-9(4-2)10-6-11(13)8-12(14)7-10/h4-8H,2-3H2,1H3/b9-5+. The van der Waals surface area contributed by atoms with Crippen LogP contribution < -0.4 is 0 Å². The number of rotatable bonds is 3. The second-order valence-corrected chi connectivity index (χ2v) is 2.93. The molecule has 1 aromatic carbocycles. The van der Waals surface area contributed by atoms with Crippen molar-refractivity contribution in [2.45, 2.75) is 13.3 Å². The molecule has 0 N–H and O–H groups in total. The van der Waals surface area contributed by atoms with E-state index in [4.69, 9.17) is 0 Å². The summed E-state index contributed by atoms with van der Waals surface area (Å²) in [6, 6.07) is 3.45. The van der Waals surface area contributed by atoms with Gasteiger partial charge in [-0.3, -0.25) is 0 Å². The van der Waals surface area contributed by atoms with Crippen LogP contribution in [0.25, 0.3) is 5.57 Å². The Morgan fingerprint density at radius 3 is 2.29 bits per heavy atom. The number of hydrogen-bond acceptors (Lipinski definition) is 0. The molecule has 0 saturated carbocycles. The third-order valence-electron chi connectivity index (χ3n) is 1.84. The van der Waals surface area contributed by atoms with Crippen LogP contribution in [0.15, 0.2) is 36.9 Å². The molecule has 0 bridgehead atoms. The Morgan fingerprint density at radius 2 is 1.86 bits per heavy atom. The molecule has 0 nitrogen and oxygen atoms in total. The van der Waals surface area contributed by atoms with Gasteiger partial charge in [0.25, 0.3) is 0 Å². The molecule has 0 aliphatic rings. The first-order chi connectivity index (χ1) is 6.67. The highest BCUT2D eigenvalue weighted by molar-refractivity contribution is 5.73. The molecule has 0 aromatic heterocycles. The Labute approximate surface area is 82.6 Å². The summed E-state index contributed by atoms with van der Waals surface area (Å²) < 4.78 is 25.7. The van der Waals surface area contributed by atoms with Crippen molar-refractivity contribution < 1.29 is 8.78 Å². The maximum Gasteiger partial charge on any atom is 0.126 e. The van der Waals surface area contributed by atoms with Crippen molar-refractivity contribution in [2.24, 2.45) is 0 Å². The number of allylic oxidation sites excluding steroid dienone is 3. The smallest absolute Gasteiger partial charge is 0.126 e. The minimum atomic E-state index is -0.566. The van der Waals surface area contributed by atoms with E-state index in [9.17, 15) is 8.78 Å². The normalized spacial score (nSPS) is 11.5. The highest BCUT2D eigenvalue weighted by atomic mass is 19.1. The third-order valence-corrected chi connectivity index (χ3v) is 1.84. The average Bonchev–Trinajstić information content (AvgIpc) is 2.12. The van der Waals surface area contributed by atoms with Crippen LogP contribution in [0.1, 0.15) is 18.9 Å². The van der Waals surface area contributed by atoms with Crippen molar-refractivity contribution in [2.75, 3.05) is 0 Å². The van der Waals surface area contributed by atoms with Gasteiger partial charge in [-0.1, -0.05) is 25.7 Å². The zero-order valence-electron chi connectivity index (χ0n) is 8.06. The third kappa shape index (κ3) is 2.52. The lowest BCUT2D eigenvalue weighted by Gasteiger charge is -2.02. The Hall–Kier alpha value is -1.44. The number of benzene rings is 1. The van der Waals surface area contributed by atoms with Gasteiger partial charge in [-0.05, 0) is 29.7 Å². The van der Waals surface area contributed by atoms with Crippen molar-refractivity contribution in [1.82, 2.24) is 0 Å². The van der Waals surface area contributed by atoms with Crippen molar-refractivity contribution in [3.05, 3.63) is 54.1 Å². The summed E-state index contributed by atoms with van der Waals surface area (Å²) in [6.45, 7) is 5.56. The molecular weight excluding hydrogens is 182 g/mol. The van der Waals surface area contributed by atoms with E-state index in [-0.39, 0.29) is 0 Å². The maximum atomic E-state index is 12.9. The summed E-state index contributed by atoms with van der Waals surface area (Å²) in [7, 11) is 0. The number of halogens is 2. The topological polar surface area (TPSA) is 0 Å². The molecule has 0 radical (unpaired) electrons. The first-order valence-corrected chi connectivity index (χ1v) is 4.46. The lowest BCUT2D eigenvalue weighted by Crippen LogP contribution is -1.86. The first-order valence-electron chi connectivity index (χ1n) is 4.46. The van der Waals surface area contributed by atoms with Crippen LogP contribution in [-0.4, -0.2) is 0 Å². The zero-order chi connectivity index (χ0) is 10.6. The molecule has 0 spiro atoms. The van der Waals surface area contributed by atoms with Crippen LogP contribution in [-0.2, 0) is 0 Å². The molecule has 0 unspecified atom stereocenters.